The van der Waals surface area contributed by atoms with Crippen LogP contribution in [-0.4, -0.2) is 21.2 Å². The second kappa shape index (κ2) is 11.3. The fraction of sp³-hybridized carbons (Fsp3) is 0. The summed E-state index contributed by atoms with van der Waals surface area (Å²) in [5.41, 5.74) is 12.4. The van der Waals surface area contributed by atoms with E-state index in [0.717, 1.165) is 78.7 Å². The maximum absolute atomic E-state index is 6.98. The van der Waals surface area contributed by atoms with Crippen molar-refractivity contribution >= 4 is 44.9 Å². The van der Waals surface area contributed by atoms with Gasteiger partial charge in [0.15, 0.2) is 0 Å². The number of nitrogens with zero attached hydrogens (tertiary/aromatic N) is 3. The van der Waals surface area contributed by atoms with Gasteiger partial charge < -0.3 is 14.0 Å². The molecule has 6 heteroatoms. The van der Waals surface area contributed by atoms with Crippen LogP contribution in [0.25, 0.3) is 61.1 Å². The van der Waals surface area contributed by atoms with Crippen LogP contribution in [-0.2, 0) is 0 Å². The van der Waals surface area contributed by atoms with E-state index < -0.39 is 0 Å². The maximum Gasteiger partial charge on any atom is 0.260 e. The van der Waals surface area contributed by atoms with Crippen molar-refractivity contribution in [2.24, 2.45) is 0 Å². The molecule has 0 bridgehead atoms. The largest absolute Gasteiger partial charge is 0.458 e. The molecule has 0 unspecified atom stereocenters. The summed E-state index contributed by atoms with van der Waals surface area (Å²) in [6, 6.07) is 55.0. The van der Waals surface area contributed by atoms with Crippen LogP contribution >= 0.6 is 0 Å². The van der Waals surface area contributed by atoms with Crippen molar-refractivity contribution in [3.8, 4) is 62.3 Å². The zero-order valence-corrected chi connectivity index (χ0v) is 27.9. The smallest absolute Gasteiger partial charge is 0.260 e. The number of aromatic nitrogens is 3. The van der Waals surface area contributed by atoms with E-state index in [-0.39, 0.29) is 6.71 Å². The van der Waals surface area contributed by atoms with Crippen molar-refractivity contribution in [3.05, 3.63) is 170 Å². The van der Waals surface area contributed by atoms with Gasteiger partial charge in [-0.15, -0.1) is 0 Å². The molecule has 0 aliphatic carbocycles. The lowest BCUT2D eigenvalue weighted by Crippen LogP contribution is -2.57. The van der Waals surface area contributed by atoms with Gasteiger partial charge in [0.2, 0.25) is 0 Å². The van der Waals surface area contributed by atoms with Crippen LogP contribution in [0.1, 0.15) is 0 Å². The Morgan fingerprint density at radius 2 is 1.00 bits per heavy atom. The fourth-order valence-corrected chi connectivity index (χ4v) is 8.18. The first-order valence-electron chi connectivity index (χ1n) is 17.5. The second-order valence-corrected chi connectivity index (χ2v) is 13.3. The molecule has 242 valence electrons. The van der Waals surface area contributed by atoms with Gasteiger partial charge in [-0.05, 0) is 94.8 Å². The third-order valence-electron chi connectivity index (χ3n) is 10.4. The Kier molecular flexibility index (Phi) is 6.28. The lowest BCUT2D eigenvalue weighted by molar-refractivity contribution is 0.466. The van der Waals surface area contributed by atoms with Gasteiger partial charge in [0, 0.05) is 45.4 Å². The molecule has 0 saturated heterocycles. The molecule has 2 aliphatic rings. The first-order valence-corrected chi connectivity index (χ1v) is 17.5. The third-order valence-corrected chi connectivity index (χ3v) is 10.4. The molecule has 5 nitrogen and oxygen atoms in total. The highest BCUT2D eigenvalue weighted by atomic mass is 16.5. The van der Waals surface area contributed by atoms with Crippen molar-refractivity contribution in [2.75, 3.05) is 0 Å². The lowest BCUT2D eigenvalue weighted by atomic mass is 9.34. The van der Waals surface area contributed by atoms with Gasteiger partial charge in [-0.25, -0.2) is 0 Å². The molecule has 0 amide bonds. The summed E-state index contributed by atoms with van der Waals surface area (Å²) >= 11 is 0. The molecular formula is C46H28BN3O2. The number of hydrogen-bond donors (Lipinski definition) is 0. The molecule has 3 aromatic heterocycles. The molecule has 52 heavy (non-hydrogen) atoms. The average molecular weight is 666 g/mol. The summed E-state index contributed by atoms with van der Waals surface area (Å²) in [7, 11) is 0. The van der Waals surface area contributed by atoms with Gasteiger partial charge in [-0.1, -0.05) is 84.9 Å². The van der Waals surface area contributed by atoms with Crippen LogP contribution in [0.2, 0.25) is 0 Å². The van der Waals surface area contributed by atoms with Crippen LogP contribution in [0.15, 0.2) is 170 Å². The molecule has 0 fully saturated rings. The minimum Gasteiger partial charge on any atom is -0.458 e. The minimum atomic E-state index is -0.109. The molecule has 2 aliphatic heterocycles. The van der Waals surface area contributed by atoms with Crippen molar-refractivity contribution in [1.82, 2.24) is 14.5 Å². The molecule has 0 radical (unpaired) electrons. The summed E-state index contributed by atoms with van der Waals surface area (Å²) in [4.78, 5) is 9.44. The fourth-order valence-electron chi connectivity index (χ4n) is 8.18. The standard InChI is InChI=1S/C46H28BN3O2/c1-3-22-40-32(14-1)33-15-2-4-23-41(33)50(40)31-13-9-12-29(26-31)30-27-42-44-43(28-30)52-46-35(39-21-6-8-25-49-39)17-11-19-37(46)47(44)36-18-10-16-34(45(36)51-42)38-20-5-7-24-48-38/h1-28H. The van der Waals surface area contributed by atoms with Crippen LogP contribution in [0.3, 0.4) is 0 Å². The Balaban J connectivity index is 1.13. The molecule has 9 aromatic rings. The molecule has 5 heterocycles. The minimum absolute atomic E-state index is 0.109. The van der Waals surface area contributed by atoms with Crippen molar-refractivity contribution in [2.45, 2.75) is 0 Å². The van der Waals surface area contributed by atoms with E-state index in [9.17, 15) is 0 Å². The SMILES string of the molecule is c1ccc(-c2cccc3c2Oc2cc(-c4cccc(-n5c6ccccc6c6ccccc65)c4)cc4c2B3c2cccc(-c3ccccn3)c2O4)nc1. The van der Waals surface area contributed by atoms with Gasteiger partial charge in [0.25, 0.3) is 6.71 Å². The van der Waals surface area contributed by atoms with Crippen LogP contribution in [0, 0.1) is 0 Å². The number of rotatable bonds is 4. The first-order chi connectivity index (χ1) is 25.8. The van der Waals surface area contributed by atoms with Crippen molar-refractivity contribution in [3.63, 3.8) is 0 Å². The Bertz CT molecular complexity index is 2700. The summed E-state index contributed by atoms with van der Waals surface area (Å²) in [5, 5.41) is 2.47. The lowest BCUT2D eigenvalue weighted by Gasteiger charge is -2.34. The van der Waals surface area contributed by atoms with E-state index in [1.54, 1.807) is 0 Å². The summed E-state index contributed by atoms with van der Waals surface area (Å²) < 4.78 is 16.3. The first kappa shape index (κ1) is 28.9. The quantitative estimate of drug-likeness (QED) is 0.176. The number of ether oxygens (including phenoxy) is 2. The van der Waals surface area contributed by atoms with E-state index in [2.05, 4.69) is 126 Å². The normalized spacial score (nSPS) is 12.5. The second-order valence-electron chi connectivity index (χ2n) is 13.3. The summed E-state index contributed by atoms with van der Waals surface area (Å²) in [6.07, 6.45) is 3.66. The molecular weight excluding hydrogens is 637 g/mol. The molecule has 0 N–H and O–H groups in total. The van der Waals surface area contributed by atoms with Gasteiger partial charge in [0.1, 0.15) is 23.0 Å². The monoisotopic (exact) mass is 665 g/mol. The van der Waals surface area contributed by atoms with E-state index in [0.29, 0.717) is 0 Å². The molecule has 0 atom stereocenters. The average Bonchev–Trinajstić information content (AvgIpc) is 3.55. The number of fused-ring (bicyclic) bond motifs is 7. The predicted octanol–water partition coefficient (Wildman–Crippen LogP) is 9.30. The topological polar surface area (TPSA) is 49.2 Å². The molecule has 0 spiro atoms. The van der Waals surface area contributed by atoms with Crippen LogP contribution in [0.5, 0.6) is 23.0 Å². The number of benzene rings is 6. The van der Waals surface area contributed by atoms with E-state index >= 15 is 0 Å². The van der Waals surface area contributed by atoms with Crippen LogP contribution in [0.4, 0.5) is 0 Å². The predicted molar refractivity (Wildman–Crippen MR) is 210 cm³/mol. The Morgan fingerprint density at radius 3 is 1.56 bits per heavy atom. The van der Waals surface area contributed by atoms with Gasteiger partial charge in [-0.2, -0.15) is 0 Å². The zero-order chi connectivity index (χ0) is 34.2. The Morgan fingerprint density at radius 1 is 0.462 bits per heavy atom. The van der Waals surface area contributed by atoms with Crippen molar-refractivity contribution < 1.29 is 9.47 Å². The number of para-hydroxylation sites is 4. The van der Waals surface area contributed by atoms with Gasteiger partial charge in [0.05, 0.1) is 22.4 Å². The van der Waals surface area contributed by atoms with Crippen LogP contribution < -0.4 is 25.9 Å². The summed E-state index contributed by atoms with van der Waals surface area (Å²) in [5.74, 6) is 3.20. The highest BCUT2D eigenvalue weighted by Gasteiger charge is 2.42. The number of pyridine rings is 2. The van der Waals surface area contributed by atoms with Crippen molar-refractivity contribution in [1.29, 1.82) is 0 Å². The van der Waals surface area contributed by atoms with E-state index in [1.807, 2.05) is 48.8 Å². The maximum atomic E-state index is 6.98. The molecule has 11 rings (SSSR count). The Labute approximate surface area is 300 Å². The highest BCUT2D eigenvalue weighted by Crippen LogP contribution is 2.43. The zero-order valence-electron chi connectivity index (χ0n) is 27.9. The highest BCUT2D eigenvalue weighted by molar-refractivity contribution is 6.98. The Hall–Kier alpha value is -6.92. The number of hydrogen-bond acceptors (Lipinski definition) is 4. The van der Waals surface area contributed by atoms with E-state index in [1.165, 1.54) is 21.8 Å². The van der Waals surface area contributed by atoms with Gasteiger partial charge >= 0.3 is 0 Å². The van der Waals surface area contributed by atoms with Gasteiger partial charge in [-0.3, -0.25) is 9.97 Å². The third kappa shape index (κ3) is 4.31. The molecule has 6 aromatic carbocycles. The van der Waals surface area contributed by atoms with E-state index in [4.69, 9.17) is 19.4 Å². The summed E-state index contributed by atoms with van der Waals surface area (Å²) in [6.45, 7) is -0.109. The molecule has 0 saturated carbocycles.